The average Bonchev–Trinajstić information content (AvgIpc) is 3.00. The monoisotopic (exact) mass is 303 g/mol. The molecule has 22 heavy (non-hydrogen) atoms. The van der Waals surface area contributed by atoms with E-state index in [2.05, 4.69) is 9.97 Å². The molecular formula is C17H25N3O2. The Hall–Kier alpha value is -1.65. The Labute approximate surface area is 132 Å². The molecule has 1 saturated heterocycles. The molecule has 0 spiro atoms. The molecule has 1 aromatic heterocycles. The third-order valence-electron chi connectivity index (χ3n) is 4.71. The molecule has 1 aromatic rings. The summed E-state index contributed by atoms with van der Waals surface area (Å²) in [6.45, 7) is 3.41. The topological polar surface area (TPSA) is 55.3 Å². The molecule has 2 fully saturated rings. The van der Waals surface area contributed by atoms with Crippen LogP contribution < -0.4 is 4.74 Å². The van der Waals surface area contributed by atoms with Gasteiger partial charge in [0.25, 0.3) is 0 Å². The molecule has 0 radical (unpaired) electrons. The van der Waals surface area contributed by atoms with Crippen LogP contribution >= 0.6 is 0 Å². The van der Waals surface area contributed by atoms with Gasteiger partial charge in [-0.15, -0.1) is 0 Å². The molecule has 0 bridgehead atoms. The zero-order valence-corrected chi connectivity index (χ0v) is 13.3. The van der Waals surface area contributed by atoms with Crippen molar-refractivity contribution < 1.29 is 9.53 Å². The summed E-state index contributed by atoms with van der Waals surface area (Å²) in [4.78, 5) is 22.8. The van der Waals surface area contributed by atoms with Crippen molar-refractivity contribution in [1.29, 1.82) is 0 Å². The Bertz CT molecular complexity index is 514. The SMILES string of the molecule is Cc1nccc(OC2CCCN(C(=O)CC3CCCC3)C2)n1. The van der Waals surface area contributed by atoms with Gasteiger partial charge in [0, 0.05) is 25.2 Å². The van der Waals surface area contributed by atoms with Crippen molar-refractivity contribution in [2.24, 2.45) is 5.92 Å². The molecule has 2 aliphatic rings. The standard InChI is InChI=1S/C17H25N3O2/c1-13-18-9-8-16(19-13)22-15-7-4-10-20(12-15)17(21)11-14-5-2-3-6-14/h8-9,14-15H,2-7,10-12H2,1H3. The molecule has 2 heterocycles. The molecule has 120 valence electrons. The van der Waals surface area contributed by atoms with E-state index in [0.29, 0.717) is 30.1 Å². The van der Waals surface area contributed by atoms with E-state index in [1.165, 1.54) is 25.7 Å². The van der Waals surface area contributed by atoms with Gasteiger partial charge in [0.15, 0.2) is 0 Å². The summed E-state index contributed by atoms with van der Waals surface area (Å²) >= 11 is 0. The number of carbonyl (C=O) groups is 1. The predicted octanol–water partition coefficient (Wildman–Crippen LogP) is 2.74. The first-order valence-corrected chi connectivity index (χ1v) is 8.45. The molecule has 1 atom stereocenters. The zero-order chi connectivity index (χ0) is 15.4. The number of piperidine rings is 1. The summed E-state index contributed by atoms with van der Waals surface area (Å²) in [5.74, 6) is 2.24. The van der Waals surface area contributed by atoms with Crippen molar-refractivity contribution in [2.75, 3.05) is 13.1 Å². The van der Waals surface area contributed by atoms with Crippen molar-refractivity contribution in [3.63, 3.8) is 0 Å². The minimum Gasteiger partial charge on any atom is -0.472 e. The molecule has 1 aliphatic carbocycles. The van der Waals surface area contributed by atoms with Gasteiger partial charge >= 0.3 is 0 Å². The molecule has 5 nitrogen and oxygen atoms in total. The molecule has 5 heteroatoms. The lowest BCUT2D eigenvalue weighted by molar-refractivity contribution is -0.134. The van der Waals surface area contributed by atoms with E-state index in [9.17, 15) is 4.79 Å². The van der Waals surface area contributed by atoms with Gasteiger partial charge in [0.05, 0.1) is 6.54 Å². The van der Waals surface area contributed by atoms with Gasteiger partial charge < -0.3 is 9.64 Å². The van der Waals surface area contributed by atoms with Gasteiger partial charge in [-0.25, -0.2) is 4.98 Å². The second-order valence-electron chi connectivity index (χ2n) is 6.52. The number of likely N-dealkylation sites (tertiary alicyclic amines) is 1. The zero-order valence-electron chi connectivity index (χ0n) is 13.3. The van der Waals surface area contributed by atoms with Crippen LogP contribution in [0, 0.1) is 12.8 Å². The number of ether oxygens (including phenoxy) is 1. The largest absolute Gasteiger partial charge is 0.472 e. The van der Waals surface area contributed by atoms with Crippen LogP contribution in [0.4, 0.5) is 0 Å². The highest BCUT2D eigenvalue weighted by atomic mass is 16.5. The average molecular weight is 303 g/mol. The normalized spacial score (nSPS) is 22.8. The molecular weight excluding hydrogens is 278 g/mol. The summed E-state index contributed by atoms with van der Waals surface area (Å²) in [5, 5.41) is 0. The van der Waals surface area contributed by atoms with Gasteiger partial charge in [-0.05, 0) is 38.5 Å². The molecule has 1 saturated carbocycles. The Morgan fingerprint density at radius 3 is 2.91 bits per heavy atom. The maximum atomic E-state index is 12.5. The lowest BCUT2D eigenvalue weighted by Crippen LogP contribution is -2.44. The van der Waals surface area contributed by atoms with E-state index in [4.69, 9.17) is 4.74 Å². The number of rotatable bonds is 4. The molecule has 1 amide bonds. The molecule has 0 aromatic carbocycles. The van der Waals surface area contributed by atoms with Crippen molar-refractivity contribution >= 4 is 5.91 Å². The fraction of sp³-hybridized carbons (Fsp3) is 0.706. The summed E-state index contributed by atoms with van der Waals surface area (Å²) in [7, 11) is 0. The van der Waals surface area contributed by atoms with E-state index in [0.717, 1.165) is 25.8 Å². The highest BCUT2D eigenvalue weighted by molar-refractivity contribution is 5.76. The van der Waals surface area contributed by atoms with E-state index >= 15 is 0 Å². The number of aromatic nitrogens is 2. The summed E-state index contributed by atoms with van der Waals surface area (Å²) in [6, 6.07) is 1.78. The minimum absolute atomic E-state index is 0.0515. The van der Waals surface area contributed by atoms with Gasteiger partial charge in [0.2, 0.25) is 11.8 Å². The molecule has 1 aliphatic heterocycles. The summed E-state index contributed by atoms with van der Waals surface area (Å²) < 4.78 is 5.94. The summed E-state index contributed by atoms with van der Waals surface area (Å²) in [6.07, 6.45) is 9.49. The van der Waals surface area contributed by atoms with Crippen LogP contribution in [0.2, 0.25) is 0 Å². The number of nitrogens with zero attached hydrogens (tertiary/aromatic N) is 3. The second-order valence-corrected chi connectivity index (χ2v) is 6.52. The second kappa shape index (κ2) is 7.07. The Balaban J connectivity index is 1.53. The van der Waals surface area contributed by atoms with Crippen LogP contribution in [0.3, 0.4) is 0 Å². The quantitative estimate of drug-likeness (QED) is 0.858. The van der Waals surface area contributed by atoms with Crippen molar-refractivity contribution in [2.45, 2.75) is 58.0 Å². The lowest BCUT2D eigenvalue weighted by atomic mass is 10.0. The number of aryl methyl sites for hydroxylation is 1. The molecule has 0 N–H and O–H groups in total. The van der Waals surface area contributed by atoms with Crippen LogP contribution in [0.5, 0.6) is 5.88 Å². The predicted molar refractivity (Wildman–Crippen MR) is 83.6 cm³/mol. The van der Waals surface area contributed by atoms with E-state index in [-0.39, 0.29) is 6.10 Å². The maximum absolute atomic E-state index is 12.5. The third-order valence-corrected chi connectivity index (χ3v) is 4.71. The number of hydrogen-bond acceptors (Lipinski definition) is 4. The van der Waals surface area contributed by atoms with Crippen LogP contribution in [0.1, 0.15) is 50.8 Å². The summed E-state index contributed by atoms with van der Waals surface area (Å²) in [5.41, 5.74) is 0. The first kappa shape index (κ1) is 15.3. The number of hydrogen-bond donors (Lipinski definition) is 0. The molecule has 3 rings (SSSR count). The van der Waals surface area contributed by atoms with Crippen LogP contribution in [-0.4, -0.2) is 40.0 Å². The van der Waals surface area contributed by atoms with Crippen LogP contribution in [0.25, 0.3) is 0 Å². The fourth-order valence-electron chi connectivity index (χ4n) is 3.52. The van der Waals surface area contributed by atoms with Crippen molar-refractivity contribution in [3.8, 4) is 5.88 Å². The van der Waals surface area contributed by atoms with E-state index in [1.807, 2.05) is 11.8 Å². The van der Waals surface area contributed by atoms with Crippen molar-refractivity contribution in [3.05, 3.63) is 18.1 Å². The highest BCUT2D eigenvalue weighted by Crippen LogP contribution is 2.28. The first-order valence-electron chi connectivity index (χ1n) is 8.45. The maximum Gasteiger partial charge on any atom is 0.222 e. The van der Waals surface area contributed by atoms with E-state index < -0.39 is 0 Å². The highest BCUT2D eigenvalue weighted by Gasteiger charge is 2.27. The first-order chi connectivity index (χ1) is 10.7. The van der Waals surface area contributed by atoms with Gasteiger partial charge in [0.1, 0.15) is 11.9 Å². The number of amides is 1. The van der Waals surface area contributed by atoms with Gasteiger partial charge in [-0.2, -0.15) is 4.98 Å². The van der Waals surface area contributed by atoms with E-state index in [1.54, 1.807) is 12.3 Å². The Morgan fingerprint density at radius 1 is 1.32 bits per heavy atom. The van der Waals surface area contributed by atoms with Crippen molar-refractivity contribution in [1.82, 2.24) is 14.9 Å². The van der Waals surface area contributed by atoms with Crippen LogP contribution in [0.15, 0.2) is 12.3 Å². The Morgan fingerprint density at radius 2 is 2.14 bits per heavy atom. The number of carbonyl (C=O) groups excluding carboxylic acids is 1. The minimum atomic E-state index is 0.0515. The molecule has 1 unspecified atom stereocenters. The van der Waals surface area contributed by atoms with Gasteiger partial charge in [-0.3, -0.25) is 4.79 Å². The fourth-order valence-corrected chi connectivity index (χ4v) is 3.52. The Kier molecular flexibility index (Phi) is 4.90. The smallest absolute Gasteiger partial charge is 0.222 e. The third kappa shape index (κ3) is 3.96. The lowest BCUT2D eigenvalue weighted by Gasteiger charge is -2.33. The van der Waals surface area contributed by atoms with Crippen LogP contribution in [-0.2, 0) is 4.79 Å². The van der Waals surface area contributed by atoms with Gasteiger partial charge in [-0.1, -0.05) is 12.8 Å².